The molecule has 0 spiro atoms. The van der Waals surface area contributed by atoms with Gasteiger partial charge in [-0.2, -0.15) is 16.8 Å². The van der Waals surface area contributed by atoms with Crippen LogP contribution in [0, 0.1) is 6.92 Å². The maximum atomic E-state index is 12.7. The Kier molecular flexibility index (Phi) is 10.8. The van der Waals surface area contributed by atoms with Crippen LogP contribution in [0.15, 0.2) is 127 Å². The second kappa shape index (κ2) is 15.4. The van der Waals surface area contributed by atoms with Gasteiger partial charge < -0.3 is 29.6 Å². The van der Waals surface area contributed by atoms with E-state index < -0.39 is 32.3 Å². The van der Waals surface area contributed by atoms with Crippen molar-refractivity contribution < 1.29 is 34.8 Å². The topological polar surface area (TPSA) is 169 Å². The van der Waals surface area contributed by atoms with E-state index in [1.165, 1.54) is 48.5 Å². The van der Waals surface area contributed by atoms with Crippen molar-refractivity contribution in [3.05, 3.63) is 144 Å². The van der Waals surface area contributed by atoms with Gasteiger partial charge in [0.2, 0.25) is 0 Å². The molecule has 0 radical (unpaired) electrons. The van der Waals surface area contributed by atoms with Crippen molar-refractivity contribution in [2.24, 2.45) is 0 Å². The summed E-state index contributed by atoms with van der Waals surface area (Å²) in [5.74, 6) is -0.355. The number of anilines is 4. The average Bonchev–Trinajstić information content (AvgIpc) is 3.05. The highest BCUT2D eigenvalue weighted by Gasteiger charge is 2.16. The zero-order valence-corrected chi connectivity index (χ0v) is 27.8. The summed E-state index contributed by atoms with van der Waals surface area (Å²) >= 11 is 0. The normalized spacial score (nSPS) is 11.2. The largest absolute Gasteiger partial charge is 0.382 e. The number of urea groups is 2. The van der Waals surface area contributed by atoms with E-state index in [2.05, 4.69) is 21.3 Å². The molecule has 0 aliphatic heterocycles. The molecule has 252 valence electrons. The number of rotatable bonds is 12. The number of benzene rings is 5. The van der Waals surface area contributed by atoms with E-state index in [1.54, 1.807) is 85.8 Å². The molecule has 4 amide bonds. The molecule has 0 bridgehead atoms. The molecule has 0 saturated carbocycles. The molecule has 0 aromatic heterocycles. The second-order valence-corrected chi connectivity index (χ2v) is 13.9. The SMILES string of the molecule is Cc1ccc(NC(=O)Nc2ccc(OS(=O)(=O)Cc3ccccc3)cc2)cc1NC(=O)Nc1ccc(OS(=O)(=O)Cc2ccccc2)cc1. The third kappa shape index (κ3) is 10.8. The fourth-order valence-corrected chi connectivity index (χ4v) is 6.64. The molecule has 0 saturated heterocycles. The van der Waals surface area contributed by atoms with Crippen LogP contribution < -0.4 is 29.6 Å². The number of aryl methyl sites for hydroxylation is 1. The van der Waals surface area contributed by atoms with Gasteiger partial charge in [-0.15, -0.1) is 0 Å². The summed E-state index contributed by atoms with van der Waals surface area (Å²) in [6.45, 7) is 1.78. The molecular formula is C35H32N4O8S2. The Morgan fingerprint density at radius 1 is 0.510 bits per heavy atom. The third-order valence-electron chi connectivity index (χ3n) is 6.79. The molecular weight excluding hydrogens is 669 g/mol. The van der Waals surface area contributed by atoms with Crippen molar-refractivity contribution in [2.75, 3.05) is 21.3 Å². The minimum atomic E-state index is -3.88. The third-order valence-corrected chi connectivity index (χ3v) is 9.05. The summed E-state index contributed by atoms with van der Waals surface area (Å²) in [6, 6.07) is 32.9. The van der Waals surface area contributed by atoms with Crippen molar-refractivity contribution in [1.82, 2.24) is 0 Å². The van der Waals surface area contributed by atoms with Gasteiger partial charge >= 0.3 is 32.3 Å². The van der Waals surface area contributed by atoms with Crippen molar-refractivity contribution in [1.29, 1.82) is 0 Å². The number of hydrogen-bond donors (Lipinski definition) is 4. The molecule has 0 unspecified atom stereocenters. The van der Waals surface area contributed by atoms with E-state index >= 15 is 0 Å². The predicted molar refractivity (Wildman–Crippen MR) is 189 cm³/mol. The summed E-state index contributed by atoms with van der Waals surface area (Å²) < 4.78 is 59.9. The molecule has 5 aromatic rings. The second-order valence-electron chi connectivity index (χ2n) is 10.8. The monoisotopic (exact) mass is 700 g/mol. The Bertz CT molecular complexity index is 2130. The predicted octanol–water partition coefficient (Wildman–Crippen LogP) is 7.10. The van der Waals surface area contributed by atoms with E-state index in [0.29, 0.717) is 33.9 Å². The van der Waals surface area contributed by atoms with Crippen LogP contribution in [-0.4, -0.2) is 28.9 Å². The summed E-state index contributed by atoms with van der Waals surface area (Å²) in [5, 5.41) is 10.7. The van der Waals surface area contributed by atoms with Crippen LogP contribution in [0.2, 0.25) is 0 Å². The van der Waals surface area contributed by atoms with Crippen molar-refractivity contribution in [3.8, 4) is 11.5 Å². The lowest BCUT2D eigenvalue weighted by atomic mass is 10.2. The molecule has 0 atom stereocenters. The van der Waals surface area contributed by atoms with Crippen molar-refractivity contribution in [3.63, 3.8) is 0 Å². The first-order valence-corrected chi connectivity index (χ1v) is 18.0. The van der Waals surface area contributed by atoms with Gasteiger partial charge in [0.15, 0.2) is 0 Å². The number of amides is 4. The Balaban J connectivity index is 1.11. The Morgan fingerprint density at radius 2 is 0.898 bits per heavy atom. The number of hydrogen-bond acceptors (Lipinski definition) is 8. The zero-order valence-electron chi connectivity index (χ0n) is 26.1. The van der Waals surface area contributed by atoms with Crippen LogP contribution in [0.4, 0.5) is 32.3 Å². The van der Waals surface area contributed by atoms with Gasteiger partial charge in [0.05, 0.1) is 0 Å². The fourth-order valence-electron chi connectivity index (χ4n) is 4.51. The Labute approximate surface area is 284 Å². The van der Waals surface area contributed by atoms with Crippen LogP contribution in [0.3, 0.4) is 0 Å². The van der Waals surface area contributed by atoms with Crippen LogP contribution in [0.5, 0.6) is 11.5 Å². The van der Waals surface area contributed by atoms with E-state index in [9.17, 15) is 26.4 Å². The van der Waals surface area contributed by atoms with Crippen LogP contribution in [-0.2, 0) is 31.7 Å². The minimum absolute atomic E-state index is 0.102. The van der Waals surface area contributed by atoms with Crippen molar-refractivity contribution in [2.45, 2.75) is 18.4 Å². The highest BCUT2D eigenvalue weighted by atomic mass is 32.2. The van der Waals surface area contributed by atoms with Gasteiger partial charge in [0, 0.05) is 22.7 Å². The maximum absolute atomic E-state index is 12.7. The first-order valence-electron chi connectivity index (χ1n) is 14.8. The Hall–Kier alpha value is -5.86. The number of carbonyl (C=O) groups is 2. The van der Waals surface area contributed by atoms with Crippen LogP contribution >= 0.6 is 0 Å². The zero-order chi connectivity index (χ0) is 34.9. The molecule has 4 N–H and O–H groups in total. The smallest absolute Gasteiger partial charge is 0.323 e. The van der Waals surface area contributed by atoms with Gasteiger partial charge in [0.25, 0.3) is 0 Å². The average molecular weight is 701 g/mol. The van der Waals surface area contributed by atoms with Gasteiger partial charge in [-0.1, -0.05) is 66.7 Å². The van der Waals surface area contributed by atoms with E-state index in [4.69, 9.17) is 8.37 Å². The van der Waals surface area contributed by atoms with E-state index in [-0.39, 0.29) is 23.0 Å². The van der Waals surface area contributed by atoms with E-state index in [0.717, 1.165) is 5.56 Å². The number of nitrogens with one attached hydrogen (secondary N) is 4. The molecule has 5 rings (SSSR count). The molecule has 0 aliphatic rings. The quantitative estimate of drug-likeness (QED) is 0.1000. The van der Waals surface area contributed by atoms with Gasteiger partial charge in [0.1, 0.15) is 23.0 Å². The van der Waals surface area contributed by atoms with Gasteiger partial charge in [-0.05, 0) is 84.3 Å². The summed E-state index contributed by atoms with van der Waals surface area (Å²) in [7, 11) is -7.75. The molecule has 12 nitrogen and oxygen atoms in total. The lowest BCUT2D eigenvalue weighted by Gasteiger charge is -2.13. The highest BCUT2D eigenvalue weighted by molar-refractivity contribution is 7.86. The van der Waals surface area contributed by atoms with Crippen molar-refractivity contribution >= 4 is 55.0 Å². The first kappa shape index (κ1) is 34.5. The summed E-state index contributed by atoms with van der Waals surface area (Å²) in [4.78, 5) is 25.4. The highest BCUT2D eigenvalue weighted by Crippen LogP contribution is 2.24. The minimum Gasteiger partial charge on any atom is -0.382 e. The lowest BCUT2D eigenvalue weighted by molar-refractivity contribution is 0.261. The first-order chi connectivity index (χ1) is 23.4. The molecule has 14 heteroatoms. The molecule has 5 aromatic carbocycles. The molecule has 0 fully saturated rings. The van der Waals surface area contributed by atoms with Crippen LogP contribution in [0.1, 0.15) is 16.7 Å². The van der Waals surface area contributed by atoms with E-state index in [1.807, 2.05) is 0 Å². The molecule has 0 heterocycles. The number of carbonyl (C=O) groups excluding carboxylic acids is 2. The van der Waals surface area contributed by atoms with Gasteiger partial charge in [-0.3, -0.25) is 0 Å². The standard InChI is InChI=1S/C35H32N4O8S2/c1-25-12-13-30(38-34(40)36-28-14-18-31(19-15-28)46-48(42,43)23-26-8-4-2-5-9-26)22-33(25)39-35(41)37-29-16-20-32(21-17-29)47-49(44,45)24-27-10-6-3-7-11-27/h2-22H,23-24H2,1H3,(H2,36,38,40)(H2,37,39,41). The Morgan fingerprint density at radius 3 is 1.35 bits per heavy atom. The molecule has 0 aliphatic carbocycles. The summed E-state index contributed by atoms with van der Waals surface area (Å²) in [5.41, 5.74) is 3.53. The van der Waals surface area contributed by atoms with Gasteiger partial charge in [-0.25, -0.2) is 9.59 Å². The summed E-state index contributed by atoms with van der Waals surface area (Å²) in [6.07, 6.45) is 0. The maximum Gasteiger partial charge on any atom is 0.323 e. The molecule has 49 heavy (non-hydrogen) atoms. The lowest BCUT2D eigenvalue weighted by Crippen LogP contribution is -2.21. The van der Waals surface area contributed by atoms with Crippen LogP contribution in [0.25, 0.3) is 0 Å². The fraction of sp³-hybridized carbons (Fsp3) is 0.0857.